The number of rotatable bonds is 3. The number of aliphatic hydroxyl groups excluding tert-OH is 2. The molecule has 168 valence electrons. The van der Waals surface area contributed by atoms with E-state index in [0.717, 1.165) is 30.5 Å². The number of hydrogen-bond donors (Lipinski definition) is 2. The van der Waals surface area contributed by atoms with Crippen LogP contribution in [-0.4, -0.2) is 70.3 Å². The molecule has 4 rings (SSSR count). The molecular weight excluding hydrogens is 407 g/mol. The van der Waals surface area contributed by atoms with E-state index in [2.05, 4.69) is 16.7 Å². The number of carbonyl (C=O) groups is 1. The minimum Gasteiger partial charge on any atom is -0.395 e. The maximum atomic E-state index is 13.7. The van der Waals surface area contributed by atoms with Gasteiger partial charge in [0.1, 0.15) is 11.9 Å². The molecule has 0 spiro atoms. The summed E-state index contributed by atoms with van der Waals surface area (Å²) in [6.45, 7) is 3.76. The third-order valence-corrected chi connectivity index (χ3v) is 6.45. The second-order valence-corrected chi connectivity index (χ2v) is 8.62. The number of aliphatic hydroxyl groups is 2. The van der Waals surface area contributed by atoms with Crippen molar-refractivity contribution in [2.24, 2.45) is 0 Å². The summed E-state index contributed by atoms with van der Waals surface area (Å²) in [5.41, 5.74) is 2.30. The summed E-state index contributed by atoms with van der Waals surface area (Å²) in [4.78, 5) is 17.2. The lowest BCUT2D eigenvalue weighted by Crippen LogP contribution is -2.67. The Balaban J connectivity index is 1.56. The average Bonchev–Trinajstić information content (AvgIpc) is 2.77. The first-order valence-corrected chi connectivity index (χ1v) is 11.2. The van der Waals surface area contributed by atoms with E-state index in [9.17, 15) is 19.4 Å². The fourth-order valence-electron chi connectivity index (χ4n) is 4.91. The molecule has 0 bridgehead atoms. The van der Waals surface area contributed by atoms with Crippen LogP contribution in [0.25, 0.3) is 0 Å². The molecule has 0 radical (unpaired) electrons. The zero-order valence-electron chi connectivity index (χ0n) is 18.2. The Morgan fingerprint density at radius 3 is 2.62 bits per heavy atom. The lowest BCUT2D eigenvalue weighted by Gasteiger charge is -2.57. The van der Waals surface area contributed by atoms with Gasteiger partial charge in [0.2, 0.25) is 0 Å². The predicted octanol–water partition coefficient (Wildman–Crippen LogP) is 2.62. The lowest BCUT2D eigenvalue weighted by atomic mass is 9.74. The van der Waals surface area contributed by atoms with Crippen molar-refractivity contribution in [2.45, 2.75) is 43.9 Å². The SMILES string of the molecule is C[C@@H](O)C#Cc1ccc([C@@H]2[C@H](CO)N3CCCCN(C(=O)c4cccc(F)c4)C[C@@H]23)cc1. The van der Waals surface area contributed by atoms with Crippen LogP contribution < -0.4 is 0 Å². The van der Waals surface area contributed by atoms with E-state index in [1.165, 1.54) is 12.1 Å². The van der Waals surface area contributed by atoms with Crippen LogP contribution in [0.1, 0.15) is 47.2 Å². The zero-order valence-corrected chi connectivity index (χ0v) is 18.2. The lowest BCUT2D eigenvalue weighted by molar-refractivity contribution is -0.0606. The number of amides is 1. The van der Waals surface area contributed by atoms with E-state index in [0.29, 0.717) is 18.7 Å². The highest BCUT2D eigenvalue weighted by atomic mass is 19.1. The number of fused-ring (bicyclic) bond motifs is 1. The number of hydrogen-bond acceptors (Lipinski definition) is 4. The van der Waals surface area contributed by atoms with Crippen LogP contribution in [0.5, 0.6) is 0 Å². The van der Waals surface area contributed by atoms with Crippen LogP contribution in [0, 0.1) is 17.7 Å². The second-order valence-electron chi connectivity index (χ2n) is 8.62. The summed E-state index contributed by atoms with van der Waals surface area (Å²) in [5, 5.41) is 19.4. The molecule has 2 N–H and O–H groups in total. The van der Waals surface area contributed by atoms with Gasteiger partial charge in [-0.2, -0.15) is 0 Å². The molecule has 2 saturated heterocycles. The summed E-state index contributed by atoms with van der Waals surface area (Å²) in [6.07, 6.45) is 1.15. The maximum absolute atomic E-state index is 13.7. The molecule has 0 aliphatic carbocycles. The molecule has 2 aliphatic heterocycles. The molecule has 4 atom stereocenters. The summed E-state index contributed by atoms with van der Waals surface area (Å²) in [5.74, 6) is 5.22. The number of halogens is 1. The molecule has 32 heavy (non-hydrogen) atoms. The molecule has 5 nitrogen and oxygen atoms in total. The van der Waals surface area contributed by atoms with Crippen molar-refractivity contribution < 1.29 is 19.4 Å². The van der Waals surface area contributed by atoms with Crippen LogP contribution in [0.2, 0.25) is 0 Å². The van der Waals surface area contributed by atoms with Gasteiger partial charge in [-0.1, -0.05) is 30.0 Å². The van der Waals surface area contributed by atoms with Gasteiger partial charge in [-0.25, -0.2) is 4.39 Å². The van der Waals surface area contributed by atoms with Gasteiger partial charge in [0.05, 0.1) is 6.61 Å². The molecule has 0 aromatic heterocycles. The van der Waals surface area contributed by atoms with Crippen LogP contribution in [0.4, 0.5) is 4.39 Å². The first-order chi connectivity index (χ1) is 15.5. The molecule has 2 aromatic carbocycles. The maximum Gasteiger partial charge on any atom is 0.254 e. The van der Waals surface area contributed by atoms with Gasteiger partial charge in [-0.05, 0) is 62.2 Å². The Morgan fingerprint density at radius 1 is 1.19 bits per heavy atom. The van der Waals surface area contributed by atoms with Gasteiger partial charge in [-0.3, -0.25) is 9.69 Å². The van der Waals surface area contributed by atoms with Crippen molar-refractivity contribution in [1.29, 1.82) is 0 Å². The highest BCUT2D eigenvalue weighted by Gasteiger charge is 2.49. The van der Waals surface area contributed by atoms with Crippen molar-refractivity contribution >= 4 is 5.91 Å². The third kappa shape index (κ3) is 4.71. The smallest absolute Gasteiger partial charge is 0.254 e. The van der Waals surface area contributed by atoms with E-state index < -0.39 is 11.9 Å². The van der Waals surface area contributed by atoms with Crippen LogP contribution in [-0.2, 0) is 0 Å². The summed E-state index contributed by atoms with van der Waals surface area (Å²) in [6, 6.07) is 13.9. The second kappa shape index (κ2) is 9.83. The Morgan fingerprint density at radius 2 is 1.94 bits per heavy atom. The van der Waals surface area contributed by atoms with Gasteiger partial charge >= 0.3 is 0 Å². The molecule has 2 heterocycles. The van der Waals surface area contributed by atoms with Crippen molar-refractivity contribution in [2.75, 3.05) is 26.2 Å². The van der Waals surface area contributed by atoms with E-state index >= 15 is 0 Å². The van der Waals surface area contributed by atoms with Crippen molar-refractivity contribution in [3.05, 3.63) is 71.0 Å². The molecule has 1 amide bonds. The molecular formula is C26H29FN2O3. The van der Waals surface area contributed by atoms with Crippen molar-refractivity contribution in [3.63, 3.8) is 0 Å². The highest BCUT2D eigenvalue weighted by molar-refractivity contribution is 5.94. The molecule has 0 unspecified atom stereocenters. The van der Waals surface area contributed by atoms with Gasteiger partial charge in [0, 0.05) is 42.2 Å². The predicted molar refractivity (Wildman–Crippen MR) is 121 cm³/mol. The molecule has 6 heteroatoms. The quantitative estimate of drug-likeness (QED) is 0.727. The number of benzene rings is 2. The first kappa shape index (κ1) is 22.5. The normalized spacial score (nSPS) is 24.2. The van der Waals surface area contributed by atoms with E-state index in [4.69, 9.17) is 0 Å². The highest BCUT2D eigenvalue weighted by Crippen LogP contribution is 2.42. The summed E-state index contributed by atoms with van der Waals surface area (Å²) in [7, 11) is 0. The zero-order chi connectivity index (χ0) is 22.7. The minimum absolute atomic E-state index is 0.0126. The van der Waals surface area contributed by atoms with E-state index in [1.807, 2.05) is 29.2 Å². The standard InChI is InChI=1S/C26H29FN2O3/c1-18(31)7-8-19-9-11-20(12-10-19)25-23-16-28(13-2-3-14-29(23)24(25)17-30)26(32)21-5-4-6-22(27)15-21/h4-6,9-12,15,18,23-25,30-31H,2-3,13-14,16-17H2,1H3/t18-,23+,24+,25+/m1/s1. The molecule has 2 aromatic rings. The summed E-state index contributed by atoms with van der Waals surface area (Å²) >= 11 is 0. The van der Waals surface area contributed by atoms with E-state index in [1.54, 1.807) is 19.1 Å². The van der Waals surface area contributed by atoms with Crippen molar-refractivity contribution in [3.8, 4) is 11.8 Å². The van der Waals surface area contributed by atoms with Gasteiger partial charge < -0.3 is 15.1 Å². The fourth-order valence-corrected chi connectivity index (χ4v) is 4.91. The number of carbonyl (C=O) groups excluding carboxylic acids is 1. The monoisotopic (exact) mass is 436 g/mol. The van der Waals surface area contributed by atoms with E-state index in [-0.39, 0.29) is 30.5 Å². The Labute approximate surface area is 188 Å². The average molecular weight is 437 g/mol. The molecule has 0 saturated carbocycles. The fraction of sp³-hybridized carbons (Fsp3) is 0.423. The third-order valence-electron chi connectivity index (χ3n) is 6.45. The van der Waals surface area contributed by atoms with Crippen LogP contribution in [0.15, 0.2) is 48.5 Å². The van der Waals surface area contributed by atoms with Gasteiger partial charge in [0.25, 0.3) is 5.91 Å². The summed E-state index contributed by atoms with van der Waals surface area (Å²) < 4.78 is 13.7. The van der Waals surface area contributed by atoms with Crippen molar-refractivity contribution in [1.82, 2.24) is 9.80 Å². The number of nitrogens with zero attached hydrogens (tertiary/aromatic N) is 2. The van der Waals surface area contributed by atoms with Gasteiger partial charge in [-0.15, -0.1) is 0 Å². The minimum atomic E-state index is -0.676. The van der Waals surface area contributed by atoms with Crippen LogP contribution >= 0.6 is 0 Å². The topological polar surface area (TPSA) is 64.0 Å². The Hall–Kier alpha value is -2.72. The first-order valence-electron chi connectivity index (χ1n) is 11.2. The van der Waals surface area contributed by atoms with Crippen LogP contribution in [0.3, 0.4) is 0 Å². The van der Waals surface area contributed by atoms with Gasteiger partial charge in [0.15, 0.2) is 0 Å². The Kier molecular flexibility index (Phi) is 6.90. The molecule has 2 aliphatic rings. The molecule has 2 fully saturated rings. The largest absolute Gasteiger partial charge is 0.395 e. The Bertz CT molecular complexity index is 1010.